The first-order chi connectivity index (χ1) is 38.0. The summed E-state index contributed by atoms with van der Waals surface area (Å²) in [5.74, 6) is -1.95. The van der Waals surface area contributed by atoms with Gasteiger partial charge in [0.2, 0.25) is 0 Å². The molecule has 18 heteroatoms. The monoisotopic (exact) mass is 1150 g/mol. The second-order valence-corrected chi connectivity index (χ2v) is 31.3. The zero-order valence-electron chi connectivity index (χ0n) is 46.7. The van der Waals surface area contributed by atoms with E-state index in [0.717, 1.165) is 11.1 Å². The summed E-state index contributed by atoms with van der Waals surface area (Å²) in [6.07, 6.45) is 1.13. The molecular formula is C63H63LiN4O9S2Si2. The third-order valence-electron chi connectivity index (χ3n) is 14.3. The van der Waals surface area contributed by atoms with Crippen LogP contribution in [0.1, 0.15) is 73.4 Å². The molecule has 6 aromatic carbocycles. The molecule has 0 radical (unpaired) electrons. The van der Waals surface area contributed by atoms with Gasteiger partial charge < -0.3 is 24.2 Å². The van der Waals surface area contributed by atoms with Gasteiger partial charge >= 0.3 is 30.8 Å². The van der Waals surface area contributed by atoms with Crippen LogP contribution >= 0.6 is 22.7 Å². The molecule has 0 unspecified atom stereocenters. The smallest absolute Gasteiger partial charge is 0.870 e. The van der Waals surface area contributed by atoms with Gasteiger partial charge in [0, 0.05) is 13.2 Å². The molecule has 0 saturated heterocycles. The van der Waals surface area contributed by atoms with Crippen molar-refractivity contribution in [3.05, 3.63) is 236 Å². The second kappa shape index (κ2) is 26.2. The summed E-state index contributed by atoms with van der Waals surface area (Å²) in [6, 6.07) is 60.2. The normalized spacial score (nSPS) is 11.7. The van der Waals surface area contributed by atoms with Gasteiger partial charge in [-0.05, 0) is 79.1 Å². The first kappa shape index (κ1) is 61.5. The molecule has 0 aliphatic heterocycles. The SMILES string of the molecule is CC(C)(C)[Si](OCCc1ccccc1-n1c(=O)c(C(=O)O)cc2ncsc21)(c1ccccc1)c1ccccc1.COC(=O)c1cc2ncsc2n(-c2ccccc2CCO[Si](c2ccccc2)(c2ccccc2)C(C)(C)C)c1=O.[Li+].[OH-]. The van der Waals surface area contributed by atoms with E-state index in [2.05, 4.69) is 149 Å². The molecule has 10 rings (SSSR count). The van der Waals surface area contributed by atoms with Crippen LogP contribution in [0.2, 0.25) is 10.1 Å². The minimum absolute atomic E-state index is 0. The van der Waals surface area contributed by atoms with Gasteiger partial charge in [-0.1, -0.05) is 199 Å². The Morgan fingerprint density at radius 1 is 0.519 bits per heavy atom. The average Bonchev–Trinajstić information content (AvgIpc) is 4.27. The minimum Gasteiger partial charge on any atom is -0.870 e. The van der Waals surface area contributed by atoms with Gasteiger partial charge in [-0.15, -0.1) is 22.7 Å². The largest absolute Gasteiger partial charge is 1.00 e. The predicted octanol–water partition coefficient (Wildman–Crippen LogP) is 7.44. The van der Waals surface area contributed by atoms with Gasteiger partial charge in [-0.25, -0.2) is 19.6 Å². The summed E-state index contributed by atoms with van der Waals surface area (Å²) in [5, 5.41) is 14.2. The number of aromatic carboxylic acids is 1. The molecule has 13 nitrogen and oxygen atoms in total. The van der Waals surface area contributed by atoms with Gasteiger partial charge in [-0.3, -0.25) is 18.7 Å². The summed E-state index contributed by atoms with van der Waals surface area (Å²) in [7, 11) is -4.16. The van der Waals surface area contributed by atoms with E-state index in [1.54, 1.807) is 15.6 Å². The fourth-order valence-corrected chi connectivity index (χ4v) is 21.4. The molecule has 81 heavy (non-hydrogen) atoms. The molecule has 0 aliphatic rings. The van der Waals surface area contributed by atoms with Crippen molar-refractivity contribution in [3.8, 4) is 11.4 Å². The number of hydrogen-bond donors (Lipinski definition) is 1. The van der Waals surface area contributed by atoms with Crippen molar-refractivity contribution in [1.82, 2.24) is 19.1 Å². The van der Waals surface area contributed by atoms with Gasteiger partial charge in [0.15, 0.2) is 0 Å². The quantitative estimate of drug-likeness (QED) is 0.0750. The van der Waals surface area contributed by atoms with Crippen molar-refractivity contribution in [3.63, 3.8) is 0 Å². The Morgan fingerprint density at radius 2 is 0.840 bits per heavy atom. The van der Waals surface area contributed by atoms with Gasteiger partial charge in [0.05, 0.1) is 40.5 Å². The fraction of sp³-hybridized carbons (Fsp3) is 0.206. The molecule has 0 saturated carbocycles. The summed E-state index contributed by atoms with van der Waals surface area (Å²) >= 11 is 2.67. The number of esters is 1. The van der Waals surface area contributed by atoms with Crippen LogP contribution < -0.4 is 50.7 Å². The van der Waals surface area contributed by atoms with E-state index in [-0.39, 0.29) is 45.5 Å². The number of carboxylic acids is 1. The Hall–Kier alpha value is -7.15. The summed E-state index contributed by atoms with van der Waals surface area (Å²) in [6.45, 7) is 14.4. The maximum absolute atomic E-state index is 13.6. The van der Waals surface area contributed by atoms with E-state index in [4.69, 9.17) is 13.6 Å². The van der Waals surface area contributed by atoms with Gasteiger partial charge in [0.1, 0.15) is 20.8 Å². The van der Waals surface area contributed by atoms with Crippen molar-refractivity contribution in [2.24, 2.45) is 0 Å². The zero-order valence-corrected chi connectivity index (χ0v) is 50.3. The number of thiazole rings is 2. The number of carboxylic acid groups (broad SMARTS) is 1. The summed E-state index contributed by atoms with van der Waals surface area (Å²) in [5.41, 5.74) is 6.21. The Balaban J connectivity index is 0.000000228. The van der Waals surface area contributed by atoms with Crippen LogP contribution in [0.15, 0.2) is 203 Å². The van der Waals surface area contributed by atoms with Crippen LogP contribution in [0.3, 0.4) is 0 Å². The van der Waals surface area contributed by atoms with Crippen molar-refractivity contribution < 1.29 is 52.6 Å². The molecule has 2 N–H and O–H groups in total. The topological polar surface area (TPSA) is 182 Å². The summed E-state index contributed by atoms with van der Waals surface area (Å²) < 4.78 is 22.1. The van der Waals surface area contributed by atoms with E-state index in [0.29, 0.717) is 58.1 Å². The number of rotatable bonds is 16. The number of methoxy groups -OCH3 is 1. The maximum Gasteiger partial charge on any atom is 1.00 e. The molecule has 410 valence electrons. The fourth-order valence-electron chi connectivity index (χ4n) is 10.7. The van der Waals surface area contributed by atoms with Crippen molar-refractivity contribution >= 4 is 92.7 Å². The number of benzene rings is 6. The molecule has 4 heterocycles. The molecular weight excluding hydrogens is 1080 g/mol. The number of nitrogens with zero attached hydrogens (tertiary/aromatic N) is 4. The van der Waals surface area contributed by atoms with Crippen LogP contribution in [-0.2, 0) is 26.4 Å². The van der Waals surface area contributed by atoms with Gasteiger partial charge in [0.25, 0.3) is 27.8 Å². The Kier molecular flexibility index (Phi) is 19.9. The third kappa shape index (κ3) is 12.2. The molecule has 0 fully saturated rings. The molecule has 0 bridgehead atoms. The van der Waals surface area contributed by atoms with Crippen LogP contribution in [0.5, 0.6) is 0 Å². The molecule has 0 amide bonds. The molecule has 0 aliphatic carbocycles. The Labute approximate surface area is 493 Å². The van der Waals surface area contributed by atoms with Crippen LogP contribution in [0.4, 0.5) is 0 Å². The second-order valence-electron chi connectivity index (χ2n) is 21.1. The minimum atomic E-state index is -2.72. The van der Waals surface area contributed by atoms with E-state index >= 15 is 0 Å². The van der Waals surface area contributed by atoms with Crippen LogP contribution in [0, 0.1) is 0 Å². The Bertz CT molecular complexity index is 3800. The predicted molar refractivity (Wildman–Crippen MR) is 325 cm³/mol. The Morgan fingerprint density at radius 3 is 1.17 bits per heavy atom. The number of aromatic nitrogens is 4. The van der Waals surface area contributed by atoms with Crippen molar-refractivity contribution in [2.75, 3.05) is 20.3 Å². The standard InChI is InChI=1S/C32H32N2O4SSi.C31H30N2O4SSi.Li.H2O/c1-32(2,3)40(24-14-7-5-8-15-24,25-16-9-6-10-17-25)38-20-19-23-13-11-12-18-28(23)34-29(35)26(31(36)37-4)21-27-30(34)39-22-33-27;1-31(2,3)39(23-13-6-4-7-14-23,24-15-8-5-9-16-24)37-19-18-22-12-10-11-17-27(22)33-28(34)25(30(35)36)20-26-29(33)38-21-32-26;;/h5-18,21-22H,19-20H2,1-4H3;4-17,20-21H,18-19H2,1-3H3,(H,35,36);;1H2/q;;+1;/p-1. The van der Waals surface area contributed by atoms with Gasteiger partial charge in [-0.2, -0.15) is 0 Å². The van der Waals surface area contributed by atoms with Crippen molar-refractivity contribution in [2.45, 2.75) is 64.5 Å². The first-order valence-corrected chi connectivity index (χ1v) is 31.6. The number of pyridine rings is 2. The third-order valence-corrected chi connectivity index (χ3v) is 26.0. The van der Waals surface area contributed by atoms with Crippen molar-refractivity contribution in [1.29, 1.82) is 0 Å². The zero-order chi connectivity index (χ0) is 56.0. The number of para-hydroxylation sites is 2. The van der Waals surface area contributed by atoms with Crippen LogP contribution in [0.25, 0.3) is 32.1 Å². The molecule has 0 spiro atoms. The summed E-state index contributed by atoms with van der Waals surface area (Å²) in [4.78, 5) is 61.2. The molecule has 4 aromatic heterocycles. The number of hydrogen-bond acceptors (Lipinski definition) is 12. The maximum atomic E-state index is 13.6. The number of carbonyl (C=O) groups excluding carboxylic acids is 1. The number of ether oxygens (including phenoxy) is 1. The number of carbonyl (C=O) groups is 2. The molecule has 10 aromatic rings. The van der Waals surface area contributed by atoms with E-state index in [1.807, 2.05) is 72.8 Å². The van der Waals surface area contributed by atoms with E-state index in [1.165, 1.54) is 67.2 Å². The number of fused-ring (bicyclic) bond motifs is 2. The average molecular weight is 1150 g/mol. The first-order valence-electron chi connectivity index (χ1n) is 26.0. The van der Waals surface area contributed by atoms with E-state index in [9.17, 15) is 24.3 Å². The van der Waals surface area contributed by atoms with E-state index < -0.39 is 39.7 Å². The molecule has 0 atom stereocenters. The van der Waals surface area contributed by atoms with Crippen LogP contribution in [-0.4, -0.2) is 78.6 Å².